The molecule has 6 heteroatoms. The zero-order valence-corrected chi connectivity index (χ0v) is 14.0. The van der Waals surface area contributed by atoms with Gasteiger partial charge < -0.3 is 14.0 Å². The molecule has 5 nitrogen and oxygen atoms in total. The van der Waals surface area contributed by atoms with Crippen molar-refractivity contribution in [1.29, 1.82) is 0 Å². The molecule has 1 aliphatic heterocycles. The SMILES string of the molecule is C=CC[C@H]1C[C@@H](n2ccc3c(Cl)ncnc32)[C@@H]2OC(C)(C)O[C@H]12. The predicted octanol–water partition coefficient (Wildman–Crippen LogP) is 3.74. The molecule has 2 aromatic heterocycles. The largest absolute Gasteiger partial charge is 0.344 e. The lowest BCUT2D eigenvalue weighted by Crippen LogP contribution is -2.27. The van der Waals surface area contributed by atoms with Gasteiger partial charge in [0, 0.05) is 6.20 Å². The van der Waals surface area contributed by atoms with Gasteiger partial charge in [-0.05, 0) is 38.7 Å². The third kappa shape index (κ3) is 2.38. The van der Waals surface area contributed by atoms with Crippen molar-refractivity contribution in [2.45, 2.75) is 50.7 Å². The molecule has 1 saturated heterocycles. The summed E-state index contributed by atoms with van der Waals surface area (Å²) in [7, 11) is 0. The molecule has 23 heavy (non-hydrogen) atoms. The first-order valence-electron chi connectivity index (χ1n) is 7.94. The minimum atomic E-state index is -0.553. The van der Waals surface area contributed by atoms with Crippen molar-refractivity contribution in [1.82, 2.24) is 14.5 Å². The number of hydrogen-bond acceptors (Lipinski definition) is 4. The molecule has 0 spiro atoms. The van der Waals surface area contributed by atoms with E-state index in [1.165, 1.54) is 6.33 Å². The fourth-order valence-electron chi connectivity index (χ4n) is 3.98. The average molecular weight is 334 g/mol. The summed E-state index contributed by atoms with van der Waals surface area (Å²) in [4.78, 5) is 8.47. The molecule has 4 rings (SSSR count). The fraction of sp³-hybridized carbons (Fsp3) is 0.529. The van der Waals surface area contributed by atoms with E-state index in [0.29, 0.717) is 11.1 Å². The summed E-state index contributed by atoms with van der Waals surface area (Å²) in [6, 6.07) is 2.14. The van der Waals surface area contributed by atoms with Gasteiger partial charge in [-0.15, -0.1) is 6.58 Å². The standard InChI is InChI=1S/C17H20ClN3O2/c1-4-5-10-8-12(14-13(10)22-17(2,3)23-14)21-7-6-11-15(18)19-9-20-16(11)21/h4,6-7,9-10,12-14H,1,5,8H2,2-3H3/t10-,12+,13+,14-/m0/s1. The quantitative estimate of drug-likeness (QED) is 0.634. The summed E-state index contributed by atoms with van der Waals surface area (Å²) in [5, 5.41) is 1.35. The van der Waals surface area contributed by atoms with Crippen LogP contribution in [0.2, 0.25) is 5.15 Å². The van der Waals surface area contributed by atoms with Gasteiger partial charge in [0.05, 0.1) is 17.5 Å². The van der Waals surface area contributed by atoms with Gasteiger partial charge in [-0.2, -0.15) is 0 Å². The van der Waals surface area contributed by atoms with Gasteiger partial charge in [0.1, 0.15) is 23.2 Å². The molecule has 0 radical (unpaired) electrons. The fourth-order valence-corrected chi connectivity index (χ4v) is 4.17. The molecule has 2 fully saturated rings. The molecule has 0 unspecified atom stereocenters. The van der Waals surface area contributed by atoms with Crippen molar-refractivity contribution in [3.05, 3.63) is 36.4 Å². The first-order chi connectivity index (χ1) is 11.0. The highest BCUT2D eigenvalue weighted by Gasteiger charge is 2.54. The zero-order valence-electron chi connectivity index (χ0n) is 13.3. The highest BCUT2D eigenvalue weighted by atomic mass is 35.5. The van der Waals surface area contributed by atoms with Crippen molar-refractivity contribution in [3.63, 3.8) is 0 Å². The van der Waals surface area contributed by atoms with E-state index in [4.69, 9.17) is 21.1 Å². The van der Waals surface area contributed by atoms with Crippen molar-refractivity contribution in [3.8, 4) is 0 Å². The van der Waals surface area contributed by atoms with Crippen LogP contribution in [-0.4, -0.2) is 32.5 Å². The smallest absolute Gasteiger partial charge is 0.163 e. The Balaban J connectivity index is 1.75. The molecule has 2 aliphatic rings. The molecule has 1 saturated carbocycles. The van der Waals surface area contributed by atoms with Crippen LogP contribution in [0.4, 0.5) is 0 Å². The highest BCUT2D eigenvalue weighted by Crippen LogP contribution is 2.48. The number of halogens is 1. The van der Waals surface area contributed by atoms with Crippen LogP contribution in [0, 0.1) is 5.92 Å². The Hall–Kier alpha value is -1.43. The summed E-state index contributed by atoms with van der Waals surface area (Å²) in [6.45, 7) is 7.83. The van der Waals surface area contributed by atoms with E-state index < -0.39 is 5.79 Å². The minimum absolute atomic E-state index is 0.0132. The topological polar surface area (TPSA) is 49.2 Å². The molecule has 3 heterocycles. The number of fused-ring (bicyclic) bond motifs is 2. The van der Waals surface area contributed by atoms with Crippen molar-refractivity contribution >= 4 is 22.6 Å². The number of ether oxygens (including phenoxy) is 2. The van der Waals surface area contributed by atoms with E-state index >= 15 is 0 Å². The molecular weight excluding hydrogens is 314 g/mol. The Morgan fingerprint density at radius 1 is 1.39 bits per heavy atom. The van der Waals surface area contributed by atoms with E-state index in [2.05, 4.69) is 21.1 Å². The molecule has 0 bridgehead atoms. The monoisotopic (exact) mass is 333 g/mol. The summed E-state index contributed by atoms with van der Waals surface area (Å²) in [5.41, 5.74) is 0.848. The maximum atomic E-state index is 6.21. The number of allylic oxidation sites excluding steroid dienone is 1. The second-order valence-corrected chi connectivity index (χ2v) is 7.14. The minimum Gasteiger partial charge on any atom is -0.344 e. The number of aromatic nitrogens is 3. The molecule has 1 aliphatic carbocycles. The Bertz CT molecular complexity index is 757. The van der Waals surface area contributed by atoms with Gasteiger partial charge in [-0.25, -0.2) is 9.97 Å². The lowest BCUT2D eigenvalue weighted by molar-refractivity contribution is -0.160. The maximum Gasteiger partial charge on any atom is 0.163 e. The van der Waals surface area contributed by atoms with Crippen LogP contribution in [0.5, 0.6) is 0 Å². The summed E-state index contributed by atoms with van der Waals surface area (Å²) in [6.07, 6.45) is 7.49. The van der Waals surface area contributed by atoms with Crippen LogP contribution < -0.4 is 0 Å². The summed E-state index contributed by atoms with van der Waals surface area (Å²) < 4.78 is 14.5. The van der Waals surface area contributed by atoms with Crippen LogP contribution in [-0.2, 0) is 9.47 Å². The molecule has 4 atom stereocenters. The number of nitrogens with zero attached hydrogens (tertiary/aromatic N) is 3. The van der Waals surface area contributed by atoms with Crippen molar-refractivity contribution < 1.29 is 9.47 Å². The van der Waals surface area contributed by atoms with Crippen molar-refractivity contribution in [2.75, 3.05) is 0 Å². The predicted molar refractivity (Wildman–Crippen MR) is 88.3 cm³/mol. The molecular formula is C17H20ClN3O2. The normalized spacial score (nSPS) is 32.3. The molecule has 0 aromatic carbocycles. The number of hydrogen-bond donors (Lipinski definition) is 0. The Labute approximate surface area is 140 Å². The van der Waals surface area contributed by atoms with E-state index in [1.54, 1.807) is 0 Å². The van der Waals surface area contributed by atoms with Crippen LogP contribution in [0.25, 0.3) is 11.0 Å². The van der Waals surface area contributed by atoms with Crippen LogP contribution in [0.15, 0.2) is 31.2 Å². The first-order valence-corrected chi connectivity index (χ1v) is 8.31. The second-order valence-electron chi connectivity index (χ2n) is 6.78. The van der Waals surface area contributed by atoms with Gasteiger partial charge in [0.15, 0.2) is 5.79 Å². The second kappa shape index (κ2) is 5.30. The van der Waals surface area contributed by atoms with Gasteiger partial charge in [-0.3, -0.25) is 0 Å². The Morgan fingerprint density at radius 3 is 2.96 bits per heavy atom. The van der Waals surface area contributed by atoms with Gasteiger partial charge >= 0.3 is 0 Å². The molecule has 0 N–H and O–H groups in total. The Kier molecular flexibility index (Phi) is 3.48. The first kappa shape index (κ1) is 15.1. The lowest BCUT2D eigenvalue weighted by Gasteiger charge is -2.24. The van der Waals surface area contributed by atoms with Gasteiger partial charge in [-0.1, -0.05) is 17.7 Å². The average Bonchev–Trinajstić information content (AvgIpc) is 3.13. The maximum absolute atomic E-state index is 6.21. The lowest BCUT2D eigenvalue weighted by atomic mass is 10.0. The van der Waals surface area contributed by atoms with Crippen LogP contribution in [0.1, 0.15) is 32.7 Å². The van der Waals surface area contributed by atoms with E-state index in [1.807, 2.05) is 32.2 Å². The number of rotatable bonds is 3. The van der Waals surface area contributed by atoms with Gasteiger partial charge in [0.25, 0.3) is 0 Å². The zero-order chi connectivity index (χ0) is 16.2. The van der Waals surface area contributed by atoms with Crippen molar-refractivity contribution in [2.24, 2.45) is 5.92 Å². The summed E-state index contributed by atoms with van der Waals surface area (Å²) in [5.74, 6) is -0.151. The molecule has 2 aromatic rings. The van der Waals surface area contributed by atoms with Gasteiger partial charge in [0.2, 0.25) is 0 Å². The third-order valence-electron chi connectivity index (χ3n) is 4.84. The van der Waals surface area contributed by atoms with E-state index in [0.717, 1.165) is 23.9 Å². The van der Waals surface area contributed by atoms with Crippen LogP contribution >= 0.6 is 11.6 Å². The summed E-state index contributed by atoms with van der Waals surface area (Å²) >= 11 is 6.18. The Morgan fingerprint density at radius 2 is 2.17 bits per heavy atom. The highest BCUT2D eigenvalue weighted by molar-refractivity contribution is 6.33. The third-order valence-corrected chi connectivity index (χ3v) is 5.14. The van der Waals surface area contributed by atoms with E-state index in [9.17, 15) is 0 Å². The van der Waals surface area contributed by atoms with E-state index in [-0.39, 0.29) is 18.2 Å². The molecule has 0 amide bonds. The molecule has 122 valence electrons. The van der Waals surface area contributed by atoms with Crippen LogP contribution in [0.3, 0.4) is 0 Å².